The van der Waals surface area contributed by atoms with E-state index in [1.807, 2.05) is 0 Å². The second kappa shape index (κ2) is 7.70. The van der Waals surface area contributed by atoms with Gasteiger partial charge >= 0.3 is 11.9 Å². The van der Waals surface area contributed by atoms with Gasteiger partial charge in [0.1, 0.15) is 5.41 Å². The van der Waals surface area contributed by atoms with Crippen molar-refractivity contribution in [3.05, 3.63) is 23.8 Å². The maximum Gasteiger partial charge on any atom is 0.333 e. The lowest BCUT2D eigenvalue weighted by Crippen LogP contribution is -2.48. The maximum atomic E-state index is 10.9. The van der Waals surface area contributed by atoms with E-state index < -0.39 is 23.4 Å². The van der Waals surface area contributed by atoms with Gasteiger partial charge in [0.05, 0.1) is 11.6 Å². The van der Waals surface area contributed by atoms with E-state index in [1.54, 1.807) is 0 Å². The van der Waals surface area contributed by atoms with Crippen LogP contribution in [0.25, 0.3) is 0 Å². The Morgan fingerprint density at radius 1 is 1.42 bits per heavy atom. The lowest BCUT2D eigenvalue weighted by molar-refractivity contribution is -0.146. The molecule has 0 aliphatic heterocycles. The molecule has 0 bridgehead atoms. The molecule has 0 saturated heterocycles. The number of carbonyl (C=O) groups is 2. The summed E-state index contributed by atoms with van der Waals surface area (Å²) in [4.78, 5) is 21.6. The molecule has 6 heteroatoms. The Bertz CT molecular complexity index is 386. The number of rotatable bonds is 4. The van der Waals surface area contributed by atoms with Crippen molar-refractivity contribution in [3.63, 3.8) is 0 Å². The predicted molar refractivity (Wildman–Crippen MR) is 70.6 cm³/mol. The maximum absolute atomic E-state index is 10.9. The van der Waals surface area contributed by atoms with E-state index in [-0.39, 0.29) is 5.57 Å². The van der Waals surface area contributed by atoms with E-state index >= 15 is 0 Å². The van der Waals surface area contributed by atoms with Gasteiger partial charge in [0.25, 0.3) is 0 Å². The monoisotopic (exact) mass is 271 g/mol. The second-order valence-corrected chi connectivity index (χ2v) is 4.43. The van der Waals surface area contributed by atoms with Gasteiger partial charge < -0.3 is 21.1 Å². The summed E-state index contributed by atoms with van der Waals surface area (Å²) in [7, 11) is 0. The first-order valence-corrected chi connectivity index (χ1v) is 6.03. The fourth-order valence-electron chi connectivity index (χ4n) is 1.45. The fraction of sp³-hybridized carbons (Fsp3) is 0.538. The van der Waals surface area contributed by atoms with Gasteiger partial charge in [-0.1, -0.05) is 31.6 Å². The average molecular weight is 271 g/mol. The van der Waals surface area contributed by atoms with E-state index in [0.717, 1.165) is 12.8 Å². The number of hydrogen-bond donors (Lipinski definition) is 4. The van der Waals surface area contributed by atoms with Crippen LogP contribution in [0.2, 0.25) is 0 Å². The molecule has 0 heterocycles. The lowest BCUT2D eigenvalue weighted by Gasteiger charge is -2.30. The number of aliphatic hydroxyl groups is 1. The molecule has 108 valence electrons. The smallest absolute Gasteiger partial charge is 0.333 e. The van der Waals surface area contributed by atoms with E-state index in [0.29, 0.717) is 6.61 Å². The van der Waals surface area contributed by atoms with E-state index in [1.165, 1.54) is 25.2 Å². The molecule has 1 rings (SSSR count). The Labute approximate surface area is 112 Å². The van der Waals surface area contributed by atoms with E-state index in [2.05, 4.69) is 6.92 Å². The highest BCUT2D eigenvalue weighted by Gasteiger charge is 2.42. The first-order valence-electron chi connectivity index (χ1n) is 6.03. The Morgan fingerprint density at radius 3 is 2.32 bits per heavy atom. The van der Waals surface area contributed by atoms with E-state index in [4.69, 9.17) is 21.1 Å². The minimum atomic E-state index is -1.34. The fourth-order valence-corrected chi connectivity index (χ4v) is 1.45. The van der Waals surface area contributed by atoms with Gasteiger partial charge in [-0.3, -0.25) is 4.79 Å². The number of hydrogen-bond acceptors (Lipinski definition) is 4. The molecule has 0 aromatic carbocycles. The highest BCUT2D eigenvalue weighted by Crippen LogP contribution is 2.30. The summed E-state index contributed by atoms with van der Waals surface area (Å²) in [5.74, 6) is -2.32. The number of aliphatic hydroxyl groups excluding tert-OH is 1. The van der Waals surface area contributed by atoms with Gasteiger partial charge in [0.15, 0.2) is 0 Å². The van der Waals surface area contributed by atoms with Crippen LogP contribution < -0.4 is 5.73 Å². The van der Waals surface area contributed by atoms with Gasteiger partial charge in [-0.25, -0.2) is 4.79 Å². The summed E-state index contributed by atoms with van der Waals surface area (Å²) >= 11 is 0. The molecule has 0 aromatic rings. The Balaban J connectivity index is 0.000000555. The predicted octanol–water partition coefficient (Wildman–Crippen LogP) is 0.764. The lowest BCUT2D eigenvalue weighted by atomic mass is 9.76. The molecule has 0 spiro atoms. The SMILES string of the molecule is CC1(C(=O)O)C=CC=C(C(=O)O)[C@@H]1N.CCCCO. The standard InChI is InChI=1S/C9H11NO4.C4H10O/c1-9(8(13)14)4-2-3-5(6(9)10)7(11)12;1-2-3-4-5/h2-4,6H,10H2,1H3,(H,11,12)(H,13,14);5H,2-4H2,1H3/t6-,9?;/m0./s1. The number of aliphatic carboxylic acids is 2. The third-order valence-electron chi connectivity index (χ3n) is 2.92. The number of nitrogens with two attached hydrogens (primary N) is 1. The highest BCUT2D eigenvalue weighted by molar-refractivity contribution is 5.92. The van der Waals surface area contributed by atoms with Crippen molar-refractivity contribution in [2.75, 3.05) is 6.61 Å². The molecule has 0 aromatic heterocycles. The third-order valence-corrected chi connectivity index (χ3v) is 2.92. The molecule has 1 aliphatic carbocycles. The zero-order valence-corrected chi connectivity index (χ0v) is 11.2. The van der Waals surface area contributed by atoms with Crippen molar-refractivity contribution in [1.82, 2.24) is 0 Å². The van der Waals surface area contributed by atoms with Crippen LogP contribution in [0.5, 0.6) is 0 Å². The van der Waals surface area contributed by atoms with Gasteiger partial charge in [0.2, 0.25) is 0 Å². The zero-order chi connectivity index (χ0) is 15.1. The van der Waals surface area contributed by atoms with Crippen LogP contribution in [0.1, 0.15) is 26.7 Å². The Hall–Kier alpha value is -1.66. The van der Waals surface area contributed by atoms with Crippen molar-refractivity contribution >= 4 is 11.9 Å². The van der Waals surface area contributed by atoms with Crippen LogP contribution in [0, 0.1) is 5.41 Å². The topological polar surface area (TPSA) is 121 Å². The largest absolute Gasteiger partial charge is 0.481 e. The first kappa shape index (κ1) is 17.3. The summed E-state index contributed by atoms with van der Waals surface area (Å²) in [5, 5.41) is 25.7. The summed E-state index contributed by atoms with van der Waals surface area (Å²) in [6.07, 6.45) is 6.15. The summed E-state index contributed by atoms with van der Waals surface area (Å²) in [6, 6.07) is -1.03. The minimum Gasteiger partial charge on any atom is -0.481 e. The molecule has 1 aliphatic rings. The van der Waals surface area contributed by atoms with Crippen LogP contribution in [-0.4, -0.2) is 39.9 Å². The summed E-state index contributed by atoms with van der Waals surface area (Å²) in [5.41, 5.74) is 4.15. The summed E-state index contributed by atoms with van der Waals surface area (Å²) in [6.45, 7) is 3.79. The molecule has 0 radical (unpaired) electrons. The average Bonchev–Trinajstić information content (AvgIpc) is 2.34. The number of carboxylic acid groups (broad SMARTS) is 2. The van der Waals surface area contributed by atoms with Crippen molar-refractivity contribution < 1.29 is 24.9 Å². The molecule has 0 saturated carbocycles. The molecule has 19 heavy (non-hydrogen) atoms. The second-order valence-electron chi connectivity index (χ2n) is 4.43. The molecule has 6 nitrogen and oxygen atoms in total. The van der Waals surface area contributed by atoms with Crippen LogP contribution in [-0.2, 0) is 9.59 Å². The molecule has 0 fully saturated rings. The van der Waals surface area contributed by atoms with E-state index in [9.17, 15) is 9.59 Å². The van der Waals surface area contributed by atoms with Crippen molar-refractivity contribution in [3.8, 4) is 0 Å². The van der Waals surface area contributed by atoms with Gasteiger partial charge in [-0.05, 0) is 13.3 Å². The molecular formula is C13H21NO5. The molecule has 1 unspecified atom stereocenters. The van der Waals surface area contributed by atoms with Crippen LogP contribution in [0.3, 0.4) is 0 Å². The number of carboxylic acids is 2. The van der Waals surface area contributed by atoms with Crippen LogP contribution >= 0.6 is 0 Å². The summed E-state index contributed by atoms with van der Waals surface area (Å²) < 4.78 is 0. The normalized spacial score (nSPS) is 25.1. The number of unbranched alkanes of at least 4 members (excludes halogenated alkanes) is 1. The third kappa shape index (κ3) is 4.50. The first-order chi connectivity index (χ1) is 8.81. The quantitative estimate of drug-likeness (QED) is 0.599. The molecule has 0 amide bonds. The van der Waals surface area contributed by atoms with Crippen LogP contribution in [0.15, 0.2) is 23.8 Å². The van der Waals surface area contributed by atoms with Crippen LogP contribution in [0.4, 0.5) is 0 Å². The Kier molecular flexibility index (Phi) is 7.03. The van der Waals surface area contributed by atoms with Gasteiger partial charge in [-0.2, -0.15) is 0 Å². The van der Waals surface area contributed by atoms with Crippen molar-refractivity contribution in [2.45, 2.75) is 32.7 Å². The van der Waals surface area contributed by atoms with Gasteiger partial charge in [-0.15, -0.1) is 0 Å². The number of allylic oxidation sites excluding steroid dienone is 2. The van der Waals surface area contributed by atoms with Gasteiger partial charge in [0, 0.05) is 6.61 Å². The van der Waals surface area contributed by atoms with Crippen molar-refractivity contribution in [2.24, 2.45) is 11.1 Å². The van der Waals surface area contributed by atoms with Crippen molar-refractivity contribution in [1.29, 1.82) is 0 Å². The zero-order valence-electron chi connectivity index (χ0n) is 11.2. The highest BCUT2D eigenvalue weighted by atomic mass is 16.4. The molecule has 5 N–H and O–H groups in total. The Morgan fingerprint density at radius 2 is 2.00 bits per heavy atom. The molecular weight excluding hydrogens is 250 g/mol. The minimum absolute atomic E-state index is 0.0857. The molecule has 2 atom stereocenters.